The number of aliphatic hydroxyl groups is 1. The Balaban J connectivity index is 1.29. The van der Waals surface area contributed by atoms with E-state index in [1.165, 1.54) is 0 Å². The lowest BCUT2D eigenvalue weighted by molar-refractivity contribution is -0.176. The number of benzene rings is 1. The molecule has 0 spiro atoms. The summed E-state index contributed by atoms with van der Waals surface area (Å²) in [5.41, 5.74) is 0.526. The van der Waals surface area contributed by atoms with E-state index in [9.17, 15) is 24.7 Å². The van der Waals surface area contributed by atoms with Crippen molar-refractivity contribution in [3.8, 4) is 0 Å². The molecule has 8 heteroatoms. The number of amides is 1. The lowest BCUT2D eigenvalue weighted by atomic mass is 9.46. The van der Waals surface area contributed by atoms with Crippen LogP contribution in [-0.4, -0.2) is 65.0 Å². The third-order valence-corrected chi connectivity index (χ3v) is 11.2. The fourth-order valence-corrected chi connectivity index (χ4v) is 9.46. The molecule has 1 aromatic carbocycles. The van der Waals surface area contributed by atoms with Crippen LogP contribution < -0.4 is 0 Å². The second-order valence-corrected chi connectivity index (χ2v) is 13.6. The number of Topliss-reactive ketones (excluding diaryl/α,β-unsaturated/α-hetero) is 1. The van der Waals surface area contributed by atoms with Crippen LogP contribution in [0.3, 0.4) is 0 Å². The van der Waals surface area contributed by atoms with Crippen LogP contribution in [0, 0.1) is 40.4 Å². The molecule has 1 aromatic rings. The number of fused-ring (bicyclic) bond motifs is 5. The van der Waals surface area contributed by atoms with E-state index in [1.807, 2.05) is 12.1 Å². The Kier molecular flexibility index (Phi) is 8.02. The van der Waals surface area contributed by atoms with Gasteiger partial charge in [0.2, 0.25) is 0 Å². The Labute approximate surface area is 247 Å². The van der Waals surface area contributed by atoms with Gasteiger partial charge in [0.1, 0.15) is 6.61 Å². The number of allylic oxidation sites excluding steroid dienone is 4. The zero-order valence-corrected chi connectivity index (χ0v) is 24.6. The van der Waals surface area contributed by atoms with E-state index in [4.69, 9.17) is 9.47 Å². The molecule has 1 aliphatic heterocycles. The highest BCUT2D eigenvalue weighted by atomic mass is 16.7. The van der Waals surface area contributed by atoms with Crippen LogP contribution in [0.4, 0.5) is 0 Å². The molecular weight excluding hydrogens is 534 g/mol. The standard InChI is InChI=1S/C34H43NO7/c1-33-14-13-24(36)17-23(33)11-12-25-26-16-22(19-35(40)32(39)21-8-4-3-5-9-21)30(34(26,2)18-27(37)31(25)33)28(38)20-42-29-10-6-7-15-41-29/h3-5,8-9,13-14,17,22,25-27,29-31,37,40H,6-7,10-12,15-16,18-20H2,1-2H3/t22-,25-,26-,27-,29?,30+,31+,33-,34-/m0/s1. The minimum absolute atomic E-state index is 0.00396. The number of hydroxylamine groups is 2. The molecule has 4 fully saturated rings. The topological polar surface area (TPSA) is 113 Å². The maximum Gasteiger partial charge on any atom is 0.277 e. The van der Waals surface area contributed by atoms with E-state index < -0.39 is 35.0 Å². The average Bonchev–Trinajstić information content (AvgIpc) is 3.27. The zero-order chi connectivity index (χ0) is 29.6. The molecule has 4 aliphatic carbocycles. The number of ether oxygens (including phenoxy) is 2. The summed E-state index contributed by atoms with van der Waals surface area (Å²) in [6, 6.07) is 8.66. The number of aliphatic hydroxyl groups excluding tert-OH is 1. The van der Waals surface area contributed by atoms with Gasteiger partial charge < -0.3 is 14.6 Å². The van der Waals surface area contributed by atoms with Gasteiger partial charge in [0.25, 0.3) is 5.91 Å². The molecule has 0 bridgehead atoms. The Morgan fingerprint density at radius 1 is 1.14 bits per heavy atom. The quantitative estimate of drug-likeness (QED) is 0.355. The van der Waals surface area contributed by atoms with Gasteiger partial charge in [-0.15, -0.1) is 0 Å². The predicted molar refractivity (Wildman–Crippen MR) is 154 cm³/mol. The summed E-state index contributed by atoms with van der Waals surface area (Å²) in [5.74, 6) is -1.17. The van der Waals surface area contributed by atoms with E-state index >= 15 is 0 Å². The van der Waals surface area contributed by atoms with Crippen LogP contribution in [0.5, 0.6) is 0 Å². The monoisotopic (exact) mass is 577 g/mol. The van der Waals surface area contributed by atoms with Crippen molar-refractivity contribution in [1.29, 1.82) is 0 Å². The number of hydrogen-bond acceptors (Lipinski definition) is 7. The van der Waals surface area contributed by atoms with Gasteiger partial charge in [-0.1, -0.05) is 43.7 Å². The Bertz CT molecular complexity index is 1270. The van der Waals surface area contributed by atoms with Crippen LogP contribution in [0.2, 0.25) is 0 Å². The summed E-state index contributed by atoms with van der Waals surface area (Å²) in [6.07, 6.45) is 9.74. The lowest BCUT2D eigenvalue weighted by Gasteiger charge is -2.58. The first-order chi connectivity index (χ1) is 20.1. The molecular formula is C34H43NO7. The molecule has 226 valence electrons. The van der Waals surface area contributed by atoms with Crippen molar-refractivity contribution in [2.45, 2.75) is 71.2 Å². The van der Waals surface area contributed by atoms with Gasteiger partial charge >= 0.3 is 0 Å². The molecule has 0 aromatic heterocycles. The van der Waals surface area contributed by atoms with E-state index in [0.717, 1.165) is 42.7 Å². The molecule has 5 aliphatic rings. The molecule has 9 atom stereocenters. The first-order valence-electron chi connectivity index (χ1n) is 15.6. The van der Waals surface area contributed by atoms with Gasteiger partial charge in [-0.2, -0.15) is 0 Å². The number of rotatable bonds is 7. The molecule has 6 rings (SSSR count). The van der Waals surface area contributed by atoms with Crippen LogP contribution in [0.1, 0.15) is 69.2 Å². The Morgan fingerprint density at radius 2 is 1.93 bits per heavy atom. The van der Waals surface area contributed by atoms with Crippen molar-refractivity contribution in [2.75, 3.05) is 19.8 Å². The van der Waals surface area contributed by atoms with E-state index in [2.05, 4.69) is 13.8 Å². The van der Waals surface area contributed by atoms with Gasteiger partial charge in [0.15, 0.2) is 17.9 Å². The first-order valence-corrected chi connectivity index (χ1v) is 15.6. The zero-order valence-electron chi connectivity index (χ0n) is 24.6. The van der Waals surface area contributed by atoms with Crippen molar-refractivity contribution in [1.82, 2.24) is 5.06 Å². The van der Waals surface area contributed by atoms with Crippen LogP contribution in [-0.2, 0) is 19.1 Å². The Hall–Kier alpha value is -2.65. The minimum atomic E-state index is -0.657. The summed E-state index contributed by atoms with van der Waals surface area (Å²) in [4.78, 5) is 39.4. The van der Waals surface area contributed by atoms with Gasteiger partial charge in [0.05, 0.1) is 12.6 Å². The van der Waals surface area contributed by atoms with Crippen LogP contribution in [0.15, 0.2) is 54.1 Å². The lowest BCUT2D eigenvalue weighted by Crippen LogP contribution is -2.56. The normalized spacial score (nSPS) is 39.1. The molecule has 0 radical (unpaired) electrons. The average molecular weight is 578 g/mol. The van der Waals surface area contributed by atoms with E-state index in [1.54, 1.807) is 36.4 Å². The maximum absolute atomic E-state index is 14.1. The predicted octanol–water partition coefficient (Wildman–Crippen LogP) is 4.75. The van der Waals surface area contributed by atoms with Gasteiger partial charge in [-0.05, 0) is 92.4 Å². The fourth-order valence-electron chi connectivity index (χ4n) is 9.46. The highest BCUT2D eigenvalue weighted by Crippen LogP contribution is 2.67. The number of ketones is 2. The third-order valence-electron chi connectivity index (χ3n) is 11.2. The van der Waals surface area contributed by atoms with Gasteiger partial charge in [-0.25, -0.2) is 5.06 Å². The summed E-state index contributed by atoms with van der Waals surface area (Å²) < 4.78 is 11.7. The number of nitrogens with zero attached hydrogens (tertiary/aromatic N) is 1. The largest absolute Gasteiger partial charge is 0.393 e. The molecule has 1 unspecified atom stereocenters. The van der Waals surface area contributed by atoms with Crippen molar-refractivity contribution in [3.63, 3.8) is 0 Å². The van der Waals surface area contributed by atoms with Crippen molar-refractivity contribution in [3.05, 3.63) is 59.7 Å². The molecule has 42 heavy (non-hydrogen) atoms. The summed E-state index contributed by atoms with van der Waals surface area (Å²) >= 11 is 0. The third kappa shape index (κ3) is 5.10. The highest BCUT2D eigenvalue weighted by molar-refractivity contribution is 6.01. The molecule has 1 amide bonds. The first kappa shape index (κ1) is 29.4. The summed E-state index contributed by atoms with van der Waals surface area (Å²) in [6.45, 7) is 4.81. The minimum Gasteiger partial charge on any atom is -0.393 e. The molecule has 1 saturated heterocycles. The van der Waals surface area contributed by atoms with Gasteiger partial charge in [-0.3, -0.25) is 19.6 Å². The molecule has 1 heterocycles. The van der Waals surface area contributed by atoms with Crippen molar-refractivity contribution >= 4 is 17.5 Å². The molecule has 2 N–H and O–H groups in total. The number of carbonyl (C=O) groups excluding carboxylic acids is 3. The SMILES string of the molecule is C[C@]12C[C@H](O)[C@H]3[C@@H](CCC4=CC(=O)C=C[C@@]43C)[C@@H]1C[C@@H](CN(O)C(=O)c1ccccc1)[C@@H]2C(=O)COC1CCCCO1. The van der Waals surface area contributed by atoms with E-state index in [0.29, 0.717) is 25.0 Å². The smallest absolute Gasteiger partial charge is 0.277 e. The van der Waals surface area contributed by atoms with Crippen LogP contribution in [0.25, 0.3) is 0 Å². The van der Waals surface area contributed by atoms with Crippen molar-refractivity contribution < 1.29 is 34.2 Å². The summed E-state index contributed by atoms with van der Waals surface area (Å²) in [5, 5.41) is 23.6. The summed E-state index contributed by atoms with van der Waals surface area (Å²) in [7, 11) is 0. The van der Waals surface area contributed by atoms with Crippen molar-refractivity contribution in [2.24, 2.45) is 40.4 Å². The second-order valence-electron chi connectivity index (χ2n) is 13.6. The fraction of sp³-hybridized carbons (Fsp3) is 0.618. The van der Waals surface area contributed by atoms with E-state index in [-0.39, 0.29) is 48.4 Å². The van der Waals surface area contributed by atoms with Gasteiger partial charge in [0, 0.05) is 29.4 Å². The number of carbonyl (C=O) groups is 3. The maximum atomic E-state index is 14.1. The Morgan fingerprint density at radius 3 is 2.67 bits per heavy atom. The molecule has 3 saturated carbocycles. The van der Waals surface area contributed by atoms with Crippen LogP contribution >= 0.6 is 0 Å². The number of hydrogen-bond donors (Lipinski definition) is 2. The molecule has 8 nitrogen and oxygen atoms in total. The second kappa shape index (κ2) is 11.5. The highest BCUT2D eigenvalue weighted by Gasteiger charge is 2.65.